The van der Waals surface area contributed by atoms with Gasteiger partial charge in [0.2, 0.25) is 0 Å². The van der Waals surface area contributed by atoms with E-state index in [0.29, 0.717) is 0 Å². The quantitative estimate of drug-likeness (QED) is 0.179. The van der Waals surface area contributed by atoms with Crippen molar-refractivity contribution in [2.75, 3.05) is 4.90 Å². The summed E-state index contributed by atoms with van der Waals surface area (Å²) < 4.78 is 2.41. The van der Waals surface area contributed by atoms with Crippen LogP contribution in [0, 0.1) is 23.7 Å². The summed E-state index contributed by atoms with van der Waals surface area (Å²) in [6.07, 6.45) is 9.50. The molecule has 1 heterocycles. The van der Waals surface area contributed by atoms with Crippen molar-refractivity contribution < 1.29 is 0 Å². The van der Waals surface area contributed by atoms with Gasteiger partial charge in [-0.2, -0.15) is 0 Å². The highest BCUT2D eigenvalue weighted by Gasteiger charge is 2.37. The van der Waals surface area contributed by atoms with Crippen molar-refractivity contribution in [1.82, 2.24) is 4.57 Å². The second-order valence-electron chi connectivity index (χ2n) is 16.3. The van der Waals surface area contributed by atoms with Crippen molar-refractivity contribution in [3.05, 3.63) is 169 Å². The van der Waals surface area contributed by atoms with Crippen molar-refractivity contribution in [2.45, 2.75) is 44.9 Å². The predicted molar refractivity (Wildman–Crippen MR) is 223 cm³/mol. The fourth-order valence-corrected chi connectivity index (χ4v) is 11.0. The molecule has 2 atom stereocenters. The Kier molecular flexibility index (Phi) is 7.32. The van der Waals surface area contributed by atoms with E-state index < -0.39 is 0 Å². The van der Waals surface area contributed by atoms with Crippen LogP contribution in [0.4, 0.5) is 17.1 Å². The summed E-state index contributed by atoms with van der Waals surface area (Å²) in [5.41, 5.74) is 13.1. The molecule has 2 nitrogen and oxygen atoms in total. The second kappa shape index (κ2) is 12.5. The summed E-state index contributed by atoms with van der Waals surface area (Å²) in [7, 11) is 0. The van der Waals surface area contributed by atoms with Gasteiger partial charge in [-0.15, -0.1) is 0 Å². The van der Waals surface area contributed by atoms with Crippen LogP contribution in [0.2, 0.25) is 0 Å². The molecule has 8 aromatic rings. The summed E-state index contributed by atoms with van der Waals surface area (Å²) >= 11 is 0. The van der Waals surface area contributed by atoms with Crippen molar-refractivity contribution in [3.8, 4) is 16.8 Å². The largest absolute Gasteiger partial charge is 0.310 e. The van der Waals surface area contributed by atoms with Crippen molar-refractivity contribution in [3.63, 3.8) is 0 Å². The third-order valence-electron chi connectivity index (χ3n) is 12.9. The van der Waals surface area contributed by atoms with E-state index in [9.17, 15) is 0 Å². The molecule has 1 aromatic heterocycles. The van der Waals surface area contributed by atoms with Gasteiger partial charge in [-0.05, 0) is 151 Å². The molecule has 258 valence electrons. The molecule has 12 rings (SSSR count). The topological polar surface area (TPSA) is 8.17 Å². The van der Waals surface area contributed by atoms with E-state index in [1.807, 2.05) is 0 Å². The number of rotatable bonds is 4. The zero-order valence-electron chi connectivity index (χ0n) is 30.2. The molecule has 4 aliphatic carbocycles. The summed E-state index contributed by atoms with van der Waals surface area (Å²) in [5, 5.41) is 5.04. The van der Waals surface area contributed by atoms with Gasteiger partial charge in [0.05, 0.1) is 16.7 Å². The van der Waals surface area contributed by atoms with Crippen molar-refractivity contribution in [1.29, 1.82) is 0 Å². The average Bonchev–Trinajstić information content (AvgIpc) is 3.51. The van der Waals surface area contributed by atoms with Crippen molar-refractivity contribution in [2.24, 2.45) is 23.7 Å². The van der Waals surface area contributed by atoms with Gasteiger partial charge < -0.3 is 9.47 Å². The lowest BCUT2D eigenvalue weighted by molar-refractivity contribution is 0.0973. The molecule has 4 aliphatic rings. The van der Waals surface area contributed by atoms with Gasteiger partial charge in [0.25, 0.3) is 0 Å². The van der Waals surface area contributed by atoms with E-state index in [4.69, 9.17) is 0 Å². The molecule has 4 bridgehead atoms. The van der Waals surface area contributed by atoms with Crippen LogP contribution in [0.1, 0.15) is 43.2 Å². The van der Waals surface area contributed by atoms with Crippen LogP contribution >= 0.6 is 0 Å². The van der Waals surface area contributed by atoms with Gasteiger partial charge in [-0.3, -0.25) is 0 Å². The molecule has 0 saturated heterocycles. The van der Waals surface area contributed by atoms with E-state index in [2.05, 4.69) is 167 Å². The van der Waals surface area contributed by atoms with Crippen molar-refractivity contribution >= 4 is 49.6 Å². The molecule has 2 fully saturated rings. The van der Waals surface area contributed by atoms with E-state index >= 15 is 0 Å². The Hall–Kier alpha value is -5.60. The third kappa shape index (κ3) is 5.30. The lowest BCUT2D eigenvalue weighted by Gasteiger charge is -2.42. The molecule has 0 radical (unpaired) electrons. The van der Waals surface area contributed by atoms with Gasteiger partial charge >= 0.3 is 0 Å². The molecule has 0 aliphatic heterocycles. The minimum atomic E-state index is 0.785. The maximum atomic E-state index is 2.54. The summed E-state index contributed by atoms with van der Waals surface area (Å²) in [6, 6.07) is 59.2. The van der Waals surface area contributed by atoms with Crippen LogP contribution in [0.3, 0.4) is 0 Å². The van der Waals surface area contributed by atoms with Crippen LogP contribution in [0.25, 0.3) is 49.4 Å². The van der Waals surface area contributed by atoms with Gasteiger partial charge in [0.15, 0.2) is 0 Å². The highest BCUT2D eigenvalue weighted by atomic mass is 15.1. The zero-order chi connectivity index (χ0) is 34.9. The van der Waals surface area contributed by atoms with Gasteiger partial charge in [0.1, 0.15) is 0 Å². The Morgan fingerprint density at radius 1 is 0.415 bits per heavy atom. The van der Waals surface area contributed by atoms with Gasteiger partial charge in [-0.25, -0.2) is 0 Å². The van der Waals surface area contributed by atoms with Crippen LogP contribution in [-0.4, -0.2) is 4.57 Å². The van der Waals surface area contributed by atoms with Gasteiger partial charge in [-0.1, -0.05) is 103 Å². The predicted octanol–water partition coefficient (Wildman–Crippen LogP) is 13.6. The molecular formula is C51H44N2. The highest BCUT2D eigenvalue weighted by molar-refractivity contribution is 6.11. The fourth-order valence-electron chi connectivity index (χ4n) is 11.0. The van der Waals surface area contributed by atoms with E-state index in [0.717, 1.165) is 23.7 Å². The molecule has 0 N–H and O–H groups in total. The van der Waals surface area contributed by atoms with E-state index in [1.54, 1.807) is 0 Å². The Morgan fingerprint density at radius 3 is 1.85 bits per heavy atom. The SMILES string of the molecule is c1ccc(-n2c3ccccc3c3cc(N(c4ccc5c(c4)-c4ccccc4CC4CC6CC(C5)CC(C4)C6)c4cccc5ccccc45)ccc32)cc1. The second-order valence-corrected chi connectivity index (χ2v) is 16.3. The van der Waals surface area contributed by atoms with Crippen LogP contribution in [-0.2, 0) is 12.8 Å². The van der Waals surface area contributed by atoms with E-state index in [1.165, 1.54) is 123 Å². The minimum Gasteiger partial charge on any atom is -0.310 e. The number of para-hydroxylation sites is 2. The maximum absolute atomic E-state index is 2.54. The van der Waals surface area contributed by atoms with Crippen LogP contribution in [0.5, 0.6) is 0 Å². The number of anilines is 3. The Morgan fingerprint density at radius 2 is 1.02 bits per heavy atom. The smallest absolute Gasteiger partial charge is 0.0542 e. The van der Waals surface area contributed by atoms with Crippen LogP contribution < -0.4 is 4.90 Å². The first-order chi connectivity index (χ1) is 26.2. The number of fused-ring (bicyclic) bond motifs is 4. The summed E-state index contributed by atoms with van der Waals surface area (Å²) in [6.45, 7) is 0. The van der Waals surface area contributed by atoms with Gasteiger partial charge in [0, 0.05) is 33.2 Å². The number of hydrogen-bond donors (Lipinski definition) is 0. The first-order valence-electron chi connectivity index (χ1n) is 19.8. The molecule has 2 unspecified atom stereocenters. The summed E-state index contributed by atoms with van der Waals surface area (Å²) in [5.74, 6) is 3.42. The lowest BCUT2D eigenvalue weighted by atomic mass is 9.63. The molecule has 0 spiro atoms. The summed E-state index contributed by atoms with van der Waals surface area (Å²) in [4.78, 5) is 2.53. The monoisotopic (exact) mass is 684 g/mol. The third-order valence-corrected chi connectivity index (χ3v) is 12.9. The van der Waals surface area contributed by atoms with Crippen LogP contribution in [0.15, 0.2) is 158 Å². The number of aromatic nitrogens is 1. The normalized spacial score (nSPS) is 20.7. The molecular weight excluding hydrogens is 641 g/mol. The maximum Gasteiger partial charge on any atom is 0.0542 e. The molecule has 0 amide bonds. The Balaban J connectivity index is 1.14. The fraction of sp³-hybridized carbons (Fsp3) is 0.216. The Bertz CT molecular complexity index is 2630. The first kappa shape index (κ1) is 31.0. The first-order valence-corrected chi connectivity index (χ1v) is 19.8. The molecule has 2 heteroatoms. The Labute approximate surface area is 312 Å². The number of benzene rings is 7. The van der Waals surface area contributed by atoms with E-state index in [-0.39, 0.29) is 0 Å². The zero-order valence-corrected chi connectivity index (χ0v) is 30.2. The standard InChI is InChI=1S/C51H44N2/c1-2-14-41(15-3-1)53-50-19-9-8-18-46(50)48-33-43(23-24-51(48)53)52(49-20-10-13-38-11-4-7-17-45(38)49)42-22-21-40-31-37-28-34-25-35(29-37)27-36(26-34)30-39-12-5-6-16-44(39)47(40)32-42/h1-24,32-37H,25-31H2. The highest BCUT2D eigenvalue weighted by Crippen LogP contribution is 2.50. The minimum absolute atomic E-state index is 0.785. The molecule has 53 heavy (non-hydrogen) atoms. The molecule has 2 saturated carbocycles. The lowest BCUT2D eigenvalue weighted by Crippen LogP contribution is -2.32. The molecule has 7 aromatic carbocycles. The number of hydrogen-bond acceptors (Lipinski definition) is 1. The average molecular weight is 685 g/mol. The number of nitrogens with zero attached hydrogens (tertiary/aromatic N) is 2.